The van der Waals surface area contributed by atoms with Gasteiger partial charge in [0.1, 0.15) is 35.0 Å². The van der Waals surface area contributed by atoms with E-state index in [-0.39, 0.29) is 35.6 Å². The molecule has 2 aliphatic heterocycles. The molecule has 3 heterocycles. The fourth-order valence-corrected chi connectivity index (χ4v) is 4.58. The molecule has 1 saturated carbocycles. The Bertz CT molecular complexity index is 1310. The number of anilines is 1. The summed E-state index contributed by atoms with van der Waals surface area (Å²) < 4.78 is 12.1. The first kappa shape index (κ1) is 19.5. The minimum atomic E-state index is -0.333. The normalized spacial score (nSPS) is 21.6. The lowest BCUT2D eigenvalue weighted by atomic mass is 10.1. The maximum Gasteiger partial charge on any atom is 0.233 e. The number of aromatic nitrogens is 1. The van der Waals surface area contributed by atoms with Gasteiger partial charge in [-0.3, -0.25) is 15.0 Å². The van der Waals surface area contributed by atoms with Crippen LogP contribution in [0.5, 0.6) is 17.2 Å². The zero-order valence-corrected chi connectivity index (χ0v) is 17.5. The van der Waals surface area contributed by atoms with Crippen molar-refractivity contribution in [1.29, 1.82) is 5.41 Å². The number of pyridine rings is 1. The number of fused-ring (bicyclic) bond motifs is 4. The largest absolute Gasteiger partial charge is 0.489 e. The summed E-state index contributed by atoms with van der Waals surface area (Å²) in [6, 6.07) is 16.5. The molecule has 0 saturated heterocycles. The van der Waals surface area contributed by atoms with Gasteiger partial charge in [-0.05, 0) is 30.7 Å². The molecule has 1 aromatic heterocycles. The van der Waals surface area contributed by atoms with Crippen molar-refractivity contribution in [2.45, 2.75) is 24.9 Å². The molecule has 0 spiro atoms. The fourth-order valence-electron chi connectivity index (χ4n) is 4.58. The molecule has 0 radical (unpaired) electrons. The van der Waals surface area contributed by atoms with E-state index in [1.807, 2.05) is 36.4 Å². The van der Waals surface area contributed by atoms with Gasteiger partial charge in [0.05, 0.1) is 5.92 Å². The number of nitrogens with one attached hydrogen (secondary N) is 3. The van der Waals surface area contributed by atoms with Gasteiger partial charge in [-0.1, -0.05) is 30.3 Å². The molecule has 3 atom stereocenters. The van der Waals surface area contributed by atoms with E-state index >= 15 is 0 Å². The van der Waals surface area contributed by atoms with Gasteiger partial charge in [-0.25, -0.2) is 4.98 Å². The lowest BCUT2D eigenvalue weighted by Crippen LogP contribution is -2.33. The summed E-state index contributed by atoms with van der Waals surface area (Å²) in [5, 5.41) is 13.6. The van der Waals surface area contributed by atoms with Gasteiger partial charge in [0.15, 0.2) is 0 Å². The van der Waals surface area contributed by atoms with E-state index in [0.717, 1.165) is 16.9 Å². The zero-order valence-electron chi connectivity index (χ0n) is 17.5. The summed E-state index contributed by atoms with van der Waals surface area (Å²) in [6.07, 6.45) is 2.35. The van der Waals surface area contributed by atoms with Crippen LogP contribution in [0.1, 0.15) is 29.0 Å². The number of carbonyl (C=O) groups is 2. The average Bonchev–Trinajstić information content (AvgIpc) is 3.42. The van der Waals surface area contributed by atoms with E-state index in [1.54, 1.807) is 24.4 Å². The van der Waals surface area contributed by atoms with Crippen molar-refractivity contribution in [2.75, 3.05) is 5.32 Å². The van der Waals surface area contributed by atoms with E-state index in [1.165, 1.54) is 0 Å². The Morgan fingerprint density at radius 1 is 1.15 bits per heavy atom. The van der Waals surface area contributed by atoms with Gasteiger partial charge in [-0.2, -0.15) is 0 Å². The van der Waals surface area contributed by atoms with Crippen LogP contribution in [0.15, 0.2) is 60.8 Å². The Kier molecular flexibility index (Phi) is 4.39. The number of amides is 2. The molecule has 8 heteroatoms. The van der Waals surface area contributed by atoms with Crippen LogP contribution in [0.4, 0.5) is 5.82 Å². The number of benzene rings is 2. The predicted octanol–water partition coefficient (Wildman–Crippen LogP) is 3.37. The van der Waals surface area contributed by atoms with Crippen molar-refractivity contribution < 1.29 is 19.1 Å². The maximum absolute atomic E-state index is 12.8. The SMILES string of the molecule is N=C(NC(=O)C1C2Oc3ccc(Oc4ccnc5c4CCC(=O)N5)cc3C21)c1ccccc1. The number of hydrogen-bond acceptors (Lipinski definition) is 6. The molecule has 0 bridgehead atoms. The van der Waals surface area contributed by atoms with Crippen LogP contribution < -0.4 is 20.1 Å². The fraction of sp³-hybridized carbons (Fsp3) is 0.200. The molecule has 3 aromatic rings. The Morgan fingerprint density at radius 2 is 2.00 bits per heavy atom. The first-order valence-corrected chi connectivity index (χ1v) is 10.8. The molecule has 3 unspecified atom stereocenters. The van der Waals surface area contributed by atoms with Crippen LogP contribution in [0.3, 0.4) is 0 Å². The van der Waals surface area contributed by atoms with E-state index < -0.39 is 0 Å². The highest BCUT2D eigenvalue weighted by Gasteiger charge is 2.62. The zero-order chi connectivity index (χ0) is 22.5. The molecule has 8 nitrogen and oxygen atoms in total. The van der Waals surface area contributed by atoms with Crippen molar-refractivity contribution in [1.82, 2.24) is 10.3 Å². The Balaban J connectivity index is 1.18. The smallest absolute Gasteiger partial charge is 0.233 e. The summed E-state index contributed by atoms with van der Waals surface area (Å²) in [5.41, 5.74) is 2.46. The topological polar surface area (TPSA) is 113 Å². The lowest BCUT2D eigenvalue weighted by molar-refractivity contribution is -0.121. The highest BCUT2D eigenvalue weighted by atomic mass is 16.5. The molecule has 3 N–H and O–H groups in total. The van der Waals surface area contributed by atoms with Crippen LogP contribution in [0.2, 0.25) is 0 Å². The number of hydrogen-bond donors (Lipinski definition) is 3. The second kappa shape index (κ2) is 7.44. The van der Waals surface area contributed by atoms with Crippen LogP contribution in [-0.2, 0) is 16.0 Å². The first-order valence-electron chi connectivity index (χ1n) is 10.8. The number of carbonyl (C=O) groups excluding carboxylic acids is 2. The average molecular weight is 440 g/mol. The second-order valence-electron chi connectivity index (χ2n) is 8.35. The Labute approximate surface area is 189 Å². The number of nitrogens with zero attached hydrogens (tertiary/aromatic N) is 1. The van der Waals surface area contributed by atoms with E-state index in [4.69, 9.17) is 14.9 Å². The third kappa shape index (κ3) is 3.40. The Hall–Kier alpha value is -4.20. The van der Waals surface area contributed by atoms with Gasteiger partial charge in [0.2, 0.25) is 11.8 Å². The summed E-state index contributed by atoms with van der Waals surface area (Å²) >= 11 is 0. The highest BCUT2D eigenvalue weighted by molar-refractivity contribution is 6.08. The van der Waals surface area contributed by atoms with Gasteiger partial charge >= 0.3 is 0 Å². The molecule has 33 heavy (non-hydrogen) atoms. The molecular formula is C25H20N4O4. The summed E-state index contributed by atoms with van der Waals surface area (Å²) in [5.74, 6) is 2.00. The van der Waals surface area contributed by atoms with Gasteiger partial charge in [-0.15, -0.1) is 0 Å². The minimum absolute atomic E-state index is 0.0498. The molecule has 6 rings (SSSR count). The predicted molar refractivity (Wildman–Crippen MR) is 120 cm³/mol. The van der Waals surface area contributed by atoms with Crippen LogP contribution in [0, 0.1) is 11.3 Å². The monoisotopic (exact) mass is 440 g/mol. The van der Waals surface area contributed by atoms with E-state index in [9.17, 15) is 9.59 Å². The standard InChI is InChI=1S/C25H20N4O4/c26-23(13-4-2-1-3-5-13)29-25(31)21-20-16-12-14(6-8-17(16)33-22(20)21)32-18-10-11-27-24-15(18)7-9-19(30)28-24/h1-6,8,10-12,20-22H,7,9H2,(H2,26,29,31)(H,27,28,30). The van der Waals surface area contributed by atoms with Gasteiger partial charge in [0, 0.05) is 35.2 Å². The van der Waals surface area contributed by atoms with Gasteiger partial charge in [0.25, 0.3) is 0 Å². The number of ether oxygens (including phenoxy) is 2. The number of rotatable bonds is 4. The van der Waals surface area contributed by atoms with Crippen molar-refractivity contribution in [3.05, 3.63) is 77.5 Å². The van der Waals surface area contributed by atoms with Crippen molar-refractivity contribution >= 4 is 23.5 Å². The van der Waals surface area contributed by atoms with E-state index in [2.05, 4.69) is 15.6 Å². The van der Waals surface area contributed by atoms with Crippen LogP contribution in [0.25, 0.3) is 0 Å². The molecule has 3 aliphatic rings. The lowest BCUT2D eigenvalue weighted by Gasteiger charge is -2.19. The molecule has 1 aliphatic carbocycles. The highest BCUT2D eigenvalue weighted by Crippen LogP contribution is 2.59. The minimum Gasteiger partial charge on any atom is -0.489 e. The van der Waals surface area contributed by atoms with E-state index in [0.29, 0.717) is 35.7 Å². The third-order valence-corrected chi connectivity index (χ3v) is 6.27. The quantitative estimate of drug-likeness (QED) is 0.425. The van der Waals surface area contributed by atoms with Gasteiger partial charge < -0.3 is 20.1 Å². The number of amidine groups is 1. The summed E-state index contributed by atoms with van der Waals surface area (Å²) in [4.78, 5) is 28.6. The molecule has 2 amide bonds. The van der Waals surface area contributed by atoms with Crippen molar-refractivity contribution in [3.8, 4) is 17.2 Å². The Morgan fingerprint density at radius 3 is 2.85 bits per heavy atom. The summed E-state index contributed by atoms with van der Waals surface area (Å²) in [7, 11) is 0. The third-order valence-electron chi connectivity index (χ3n) is 6.27. The van der Waals surface area contributed by atoms with Crippen molar-refractivity contribution in [3.63, 3.8) is 0 Å². The van der Waals surface area contributed by atoms with Crippen LogP contribution in [-0.4, -0.2) is 28.7 Å². The molecular weight excluding hydrogens is 420 g/mol. The molecule has 2 aromatic carbocycles. The molecule has 1 fully saturated rings. The van der Waals surface area contributed by atoms with Crippen LogP contribution >= 0.6 is 0 Å². The maximum atomic E-state index is 12.8. The molecule has 164 valence electrons. The van der Waals surface area contributed by atoms with Crippen molar-refractivity contribution in [2.24, 2.45) is 5.92 Å². The second-order valence-corrected chi connectivity index (χ2v) is 8.35. The first-order chi connectivity index (χ1) is 16.1. The summed E-state index contributed by atoms with van der Waals surface area (Å²) in [6.45, 7) is 0.